The molecule has 2 aromatic rings. The van der Waals surface area contributed by atoms with Crippen molar-refractivity contribution in [2.45, 2.75) is 25.4 Å². The summed E-state index contributed by atoms with van der Waals surface area (Å²) in [5.74, 6) is -0.306. The van der Waals surface area contributed by atoms with Crippen LogP contribution in [-0.2, 0) is 0 Å². The second-order valence-corrected chi connectivity index (χ2v) is 5.95. The van der Waals surface area contributed by atoms with Gasteiger partial charge in [0.15, 0.2) is 6.20 Å². The molecule has 0 aliphatic carbocycles. The highest BCUT2D eigenvalue weighted by Crippen LogP contribution is 2.24. The molecular weight excluding hydrogens is 290 g/mol. The van der Waals surface area contributed by atoms with Crippen LogP contribution in [0.2, 0.25) is 0 Å². The summed E-state index contributed by atoms with van der Waals surface area (Å²) >= 11 is 0. The number of aromatic nitrogens is 1. The number of likely N-dealkylation sites (tertiary alicyclic amines) is 1. The van der Waals surface area contributed by atoms with Crippen molar-refractivity contribution < 1.29 is 9.52 Å². The van der Waals surface area contributed by atoms with Crippen molar-refractivity contribution in [1.82, 2.24) is 10.2 Å². The van der Waals surface area contributed by atoms with Gasteiger partial charge < -0.3 is 10.5 Å². The first-order chi connectivity index (χ1) is 11.1. The summed E-state index contributed by atoms with van der Waals surface area (Å²) in [6.45, 7) is 3.92. The number of carbonyl (C=O) groups excluding carboxylic acids is 1. The lowest BCUT2D eigenvalue weighted by Crippen LogP contribution is -2.43. The lowest BCUT2D eigenvalue weighted by Gasteiger charge is -2.24. The Morgan fingerprint density at radius 3 is 2.74 bits per heavy atom. The van der Waals surface area contributed by atoms with Gasteiger partial charge in [0.05, 0.1) is 0 Å². The number of nitrogens with zero attached hydrogens (tertiary/aromatic N) is 2. The molecule has 0 unspecified atom stereocenters. The highest BCUT2D eigenvalue weighted by atomic mass is 16.5. The van der Waals surface area contributed by atoms with Gasteiger partial charge in [0.2, 0.25) is 0 Å². The normalized spacial score (nSPS) is 19.4. The molecule has 1 aromatic carbocycles. The van der Waals surface area contributed by atoms with Crippen molar-refractivity contribution in [3.63, 3.8) is 0 Å². The van der Waals surface area contributed by atoms with Crippen LogP contribution in [0.25, 0.3) is 0 Å². The number of benzene rings is 1. The Morgan fingerprint density at radius 1 is 1.26 bits per heavy atom. The van der Waals surface area contributed by atoms with Crippen LogP contribution in [0.15, 0.2) is 54.7 Å². The summed E-state index contributed by atoms with van der Waals surface area (Å²) in [7, 11) is 0. The van der Waals surface area contributed by atoms with Crippen LogP contribution in [0.5, 0.6) is 0 Å². The molecule has 1 fully saturated rings. The molecule has 2 heterocycles. The molecule has 120 valence electrons. The maximum Gasteiger partial charge on any atom is 0.317 e. The molecule has 0 bridgehead atoms. The third kappa shape index (κ3) is 3.51. The van der Waals surface area contributed by atoms with E-state index in [1.807, 2.05) is 18.2 Å². The van der Waals surface area contributed by atoms with Gasteiger partial charge in [0.1, 0.15) is 0 Å². The Hall–Kier alpha value is -2.40. The molecule has 1 saturated heterocycles. The number of carbonyl (C=O) groups is 1. The minimum atomic E-state index is -0.306. The summed E-state index contributed by atoms with van der Waals surface area (Å²) in [6.07, 6.45) is 2.24. The van der Waals surface area contributed by atoms with Crippen molar-refractivity contribution in [3.8, 4) is 0 Å². The topological polar surface area (TPSA) is 59.3 Å². The zero-order chi connectivity index (χ0) is 16.2. The fourth-order valence-corrected chi connectivity index (χ4v) is 3.06. The van der Waals surface area contributed by atoms with Crippen molar-refractivity contribution in [3.05, 3.63) is 71.2 Å². The van der Waals surface area contributed by atoms with Gasteiger partial charge in [0.25, 0.3) is 5.69 Å². The minimum Gasteiger partial charge on any atom is -0.618 e. The number of pyridine rings is 1. The predicted octanol–water partition coefficient (Wildman–Crippen LogP) is 1.89. The Labute approximate surface area is 136 Å². The van der Waals surface area contributed by atoms with Crippen LogP contribution in [0, 0.1) is 5.21 Å². The van der Waals surface area contributed by atoms with E-state index < -0.39 is 0 Å². The molecule has 5 heteroatoms. The first kappa shape index (κ1) is 15.5. The molecule has 1 amide bonds. The van der Waals surface area contributed by atoms with Gasteiger partial charge in [-0.2, -0.15) is 4.73 Å². The average molecular weight is 311 g/mol. The average Bonchev–Trinajstić information content (AvgIpc) is 3.03. The Morgan fingerprint density at radius 2 is 2.00 bits per heavy atom. The van der Waals surface area contributed by atoms with E-state index in [9.17, 15) is 10.0 Å². The van der Waals surface area contributed by atoms with Gasteiger partial charge >= 0.3 is 5.91 Å². The van der Waals surface area contributed by atoms with Crippen molar-refractivity contribution in [2.24, 2.45) is 0 Å². The van der Waals surface area contributed by atoms with E-state index in [0.29, 0.717) is 10.8 Å². The van der Waals surface area contributed by atoms with E-state index in [-0.39, 0.29) is 17.6 Å². The van der Waals surface area contributed by atoms with Gasteiger partial charge in [-0.25, -0.2) is 0 Å². The number of nitrogens with one attached hydrogen (secondary N) is 1. The van der Waals surface area contributed by atoms with Gasteiger partial charge in [-0.05, 0) is 25.0 Å². The van der Waals surface area contributed by atoms with Crippen molar-refractivity contribution >= 4 is 5.91 Å². The zero-order valence-electron chi connectivity index (χ0n) is 13.2. The predicted molar refractivity (Wildman–Crippen MR) is 87.7 cm³/mol. The van der Waals surface area contributed by atoms with E-state index in [4.69, 9.17) is 0 Å². The van der Waals surface area contributed by atoms with Crippen LogP contribution in [0.1, 0.15) is 35.4 Å². The Kier molecular flexibility index (Phi) is 4.57. The van der Waals surface area contributed by atoms with Crippen molar-refractivity contribution in [2.75, 3.05) is 13.1 Å². The standard InChI is InChI=1S/C18H21N3O2/c1-14(15-7-3-2-4-8-15)20-12-10-16(13-20)19-18(22)17-9-5-6-11-21(17)23/h2-9,11,14,16H,10,12-13H2,1H3,(H,19,22)/t14-,16-/m0/s1. The summed E-state index contributed by atoms with van der Waals surface area (Å²) in [4.78, 5) is 14.6. The summed E-state index contributed by atoms with van der Waals surface area (Å²) in [5, 5.41) is 14.6. The first-order valence-corrected chi connectivity index (χ1v) is 7.93. The van der Waals surface area contributed by atoms with Crippen LogP contribution < -0.4 is 10.0 Å². The smallest absolute Gasteiger partial charge is 0.317 e. The van der Waals surface area contributed by atoms with E-state index in [0.717, 1.165) is 19.5 Å². The summed E-state index contributed by atoms with van der Waals surface area (Å²) < 4.78 is 0.606. The molecule has 1 aromatic heterocycles. The van der Waals surface area contributed by atoms with Gasteiger partial charge in [0, 0.05) is 37.3 Å². The molecule has 23 heavy (non-hydrogen) atoms. The number of hydrogen-bond acceptors (Lipinski definition) is 3. The fourth-order valence-electron chi connectivity index (χ4n) is 3.06. The first-order valence-electron chi connectivity index (χ1n) is 7.93. The fraction of sp³-hybridized carbons (Fsp3) is 0.333. The number of rotatable bonds is 4. The van der Waals surface area contributed by atoms with Crippen LogP contribution in [0.3, 0.4) is 0 Å². The third-order valence-corrected chi connectivity index (χ3v) is 4.44. The zero-order valence-corrected chi connectivity index (χ0v) is 13.2. The molecule has 2 atom stereocenters. The Balaban J connectivity index is 1.60. The minimum absolute atomic E-state index is 0.0777. The maximum absolute atomic E-state index is 12.2. The SMILES string of the molecule is C[C@@H](c1ccccc1)N1CC[C@H](NC(=O)c2cccc[n+]2[O-])C1. The quantitative estimate of drug-likeness (QED) is 0.693. The highest BCUT2D eigenvalue weighted by molar-refractivity contribution is 5.91. The van der Waals surface area contributed by atoms with Crippen LogP contribution in [-0.4, -0.2) is 29.9 Å². The highest BCUT2D eigenvalue weighted by Gasteiger charge is 2.29. The molecule has 1 N–H and O–H groups in total. The molecule has 3 rings (SSSR count). The summed E-state index contributed by atoms with van der Waals surface area (Å²) in [6, 6.07) is 15.6. The Bertz CT molecular complexity index is 675. The number of hydrogen-bond donors (Lipinski definition) is 1. The molecule has 5 nitrogen and oxygen atoms in total. The molecule has 1 aliphatic heterocycles. The monoisotopic (exact) mass is 311 g/mol. The number of amides is 1. The van der Waals surface area contributed by atoms with E-state index in [1.54, 1.807) is 18.2 Å². The second-order valence-electron chi connectivity index (χ2n) is 5.95. The molecule has 0 spiro atoms. The largest absolute Gasteiger partial charge is 0.618 e. The van der Waals surface area contributed by atoms with Crippen LogP contribution in [0.4, 0.5) is 0 Å². The molecule has 0 radical (unpaired) electrons. The van der Waals surface area contributed by atoms with E-state index in [2.05, 4.69) is 29.3 Å². The van der Waals surface area contributed by atoms with E-state index >= 15 is 0 Å². The second kappa shape index (κ2) is 6.79. The van der Waals surface area contributed by atoms with Gasteiger partial charge in [-0.1, -0.05) is 30.3 Å². The van der Waals surface area contributed by atoms with Gasteiger partial charge in [-0.3, -0.25) is 9.69 Å². The maximum atomic E-state index is 12.2. The van der Waals surface area contributed by atoms with E-state index in [1.165, 1.54) is 11.8 Å². The third-order valence-electron chi connectivity index (χ3n) is 4.44. The van der Waals surface area contributed by atoms with Gasteiger partial charge in [-0.15, -0.1) is 0 Å². The molecule has 0 saturated carbocycles. The lowest BCUT2D eigenvalue weighted by molar-refractivity contribution is -0.607. The van der Waals surface area contributed by atoms with Crippen LogP contribution >= 0.6 is 0 Å². The molecule has 1 aliphatic rings. The van der Waals surface area contributed by atoms with Crippen molar-refractivity contribution in [1.29, 1.82) is 0 Å². The molecular formula is C18H21N3O2. The lowest BCUT2D eigenvalue weighted by atomic mass is 10.1. The summed E-state index contributed by atoms with van der Waals surface area (Å²) in [5.41, 5.74) is 1.42.